The number of hydrogen-bond acceptors (Lipinski definition) is 3. The van der Waals surface area contributed by atoms with E-state index in [9.17, 15) is 4.79 Å². The molecular weight excluding hydrogens is 386 g/mol. The number of carbonyl (C=O) groups is 1. The first-order chi connectivity index (χ1) is 14.1. The fraction of sp³-hybridized carbons (Fsp3) is 0.458. The van der Waals surface area contributed by atoms with E-state index in [0.717, 1.165) is 24.8 Å². The number of halogens is 1. The first-order valence-corrected chi connectivity index (χ1v) is 10.7. The van der Waals surface area contributed by atoms with Gasteiger partial charge in [0.15, 0.2) is 11.5 Å². The number of nitrogens with zero attached hydrogens (tertiary/aromatic N) is 1. The van der Waals surface area contributed by atoms with E-state index in [-0.39, 0.29) is 22.7 Å². The summed E-state index contributed by atoms with van der Waals surface area (Å²) in [5.74, 6) is 1.47. The van der Waals surface area contributed by atoms with Gasteiger partial charge in [0.2, 0.25) is 0 Å². The van der Waals surface area contributed by atoms with Crippen molar-refractivity contribution in [1.29, 1.82) is 0 Å². The Bertz CT molecular complexity index is 872. The van der Waals surface area contributed by atoms with Gasteiger partial charge in [-0.2, -0.15) is 0 Å². The standard InChI is InChI=1S/C24H28ClNO3/c1-28-20-12-11-18(16-21(20)29-2)23(27)26-15-14-24(25)13-7-6-10-19(24)22(26)17-8-4-3-5-9-17/h3-5,8-9,11-12,16,19,22H,6-7,10,13-15H2,1-2H3/t19-,22+,24+/m0/s1. The molecule has 0 spiro atoms. The van der Waals surface area contributed by atoms with Gasteiger partial charge >= 0.3 is 0 Å². The topological polar surface area (TPSA) is 38.8 Å². The Hall–Kier alpha value is -2.20. The van der Waals surface area contributed by atoms with E-state index in [1.165, 1.54) is 12.8 Å². The van der Waals surface area contributed by atoms with E-state index in [1.807, 2.05) is 29.2 Å². The molecule has 0 bridgehead atoms. The van der Waals surface area contributed by atoms with E-state index < -0.39 is 0 Å². The second-order valence-electron chi connectivity index (χ2n) is 8.06. The summed E-state index contributed by atoms with van der Waals surface area (Å²) in [7, 11) is 3.18. The van der Waals surface area contributed by atoms with Gasteiger partial charge in [-0.3, -0.25) is 4.79 Å². The molecule has 0 radical (unpaired) electrons. The molecule has 2 aromatic rings. The Morgan fingerprint density at radius 1 is 1.03 bits per heavy atom. The molecule has 1 heterocycles. The molecule has 0 N–H and O–H groups in total. The monoisotopic (exact) mass is 413 g/mol. The molecule has 2 fully saturated rings. The van der Waals surface area contributed by atoms with Crippen LogP contribution in [0.3, 0.4) is 0 Å². The van der Waals surface area contributed by atoms with Crippen LogP contribution in [-0.4, -0.2) is 36.4 Å². The van der Waals surface area contributed by atoms with Crippen molar-refractivity contribution < 1.29 is 14.3 Å². The Balaban J connectivity index is 1.72. The lowest BCUT2D eigenvalue weighted by atomic mass is 9.68. The van der Waals surface area contributed by atoms with Crippen LogP contribution in [0.1, 0.15) is 54.1 Å². The van der Waals surface area contributed by atoms with Crippen LogP contribution in [0.25, 0.3) is 0 Å². The third-order valence-corrected chi connectivity index (χ3v) is 7.20. The van der Waals surface area contributed by atoms with Gasteiger partial charge in [-0.25, -0.2) is 0 Å². The number of ether oxygens (including phenoxy) is 2. The summed E-state index contributed by atoms with van der Waals surface area (Å²) >= 11 is 7.15. The maximum absolute atomic E-state index is 13.6. The molecule has 1 saturated heterocycles. The average molecular weight is 414 g/mol. The number of amides is 1. The van der Waals surface area contributed by atoms with Crippen LogP contribution in [0.5, 0.6) is 11.5 Å². The highest BCUT2D eigenvalue weighted by Crippen LogP contribution is 2.53. The third kappa shape index (κ3) is 3.71. The molecule has 0 aromatic heterocycles. The largest absolute Gasteiger partial charge is 0.493 e. The molecule has 4 rings (SSSR count). The van der Waals surface area contributed by atoms with Crippen LogP contribution in [0.15, 0.2) is 48.5 Å². The molecule has 29 heavy (non-hydrogen) atoms. The van der Waals surface area contributed by atoms with Crippen molar-refractivity contribution in [2.75, 3.05) is 20.8 Å². The molecule has 2 aromatic carbocycles. The molecule has 5 heteroatoms. The predicted molar refractivity (Wildman–Crippen MR) is 115 cm³/mol. The van der Waals surface area contributed by atoms with Crippen LogP contribution < -0.4 is 9.47 Å². The smallest absolute Gasteiger partial charge is 0.254 e. The molecule has 2 aliphatic rings. The lowest BCUT2D eigenvalue weighted by molar-refractivity contribution is 0.0279. The van der Waals surface area contributed by atoms with Gasteiger partial charge in [0.25, 0.3) is 5.91 Å². The normalized spacial score (nSPS) is 26.5. The second-order valence-corrected chi connectivity index (χ2v) is 8.81. The van der Waals surface area contributed by atoms with E-state index in [2.05, 4.69) is 12.1 Å². The van der Waals surface area contributed by atoms with Gasteiger partial charge in [0.1, 0.15) is 0 Å². The van der Waals surface area contributed by atoms with Crippen LogP contribution >= 0.6 is 11.6 Å². The molecule has 154 valence electrons. The zero-order valence-electron chi connectivity index (χ0n) is 17.1. The highest BCUT2D eigenvalue weighted by atomic mass is 35.5. The van der Waals surface area contributed by atoms with Gasteiger partial charge in [0.05, 0.1) is 25.1 Å². The van der Waals surface area contributed by atoms with Crippen molar-refractivity contribution in [1.82, 2.24) is 4.90 Å². The summed E-state index contributed by atoms with van der Waals surface area (Å²) in [6, 6.07) is 15.7. The molecule has 4 nitrogen and oxygen atoms in total. The number of likely N-dealkylation sites (tertiary alicyclic amines) is 1. The van der Waals surface area contributed by atoms with Crippen LogP contribution in [-0.2, 0) is 0 Å². The SMILES string of the molecule is COc1ccc(C(=O)N2CC[C@]3(Cl)CCCC[C@H]3[C@H]2c2ccccc2)cc1OC. The highest BCUT2D eigenvalue weighted by Gasteiger charge is 2.50. The second kappa shape index (κ2) is 8.27. The Morgan fingerprint density at radius 2 is 1.79 bits per heavy atom. The summed E-state index contributed by atoms with van der Waals surface area (Å²) in [6.07, 6.45) is 5.26. The van der Waals surface area contributed by atoms with Gasteiger partial charge in [-0.15, -0.1) is 11.6 Å². The number of carbonyl (C=O) groups excluding carboxylic acids is 1. The lowest BCUT2D eigenvalue weighted by Crippen LogP contribution is -2.53. The zero-order chi connectivity index (χ0) is 20.4. The highest BCUT2D eigenvalue weighted by molar-refractivity contribution is 6.24. The van der Waals surface area contributed by atoms with Crippen molar-refractivity contribution in [3.8, 4) is 11.5 Å². The van der Waals surface area contributed by atoms with Gasteiger partial charge in [-0.05, 0) is 43.0 Å². The van der Waals surface area contributed by atoms with Crippen molar-refractivity contribution >= 4 is 17.5 Å². The quantitative estimate of drug-likeness (QED) is 0.625. The fourth-order valence-electron chi connectivity index (χ4n) is 5.07. The zero-order valence-corrected chi connectivity index (χ0v) is 17.8. The summed E-state index contributed by atoms with van der Waals surface area (Å²) in [6.45, 7) is 0.659. The number of alkyl halides is 1. The van der Waals surface area contributed by atoms with Crippen molar-refractivity contribution in [3.05, 3.63) is 59.7 Å². The van der Waals surface area contributed by atoms with E-state index >= 15 is 0 Å². The molecule has 1 aliphatic carbocycles. The number of rotatable bonds is 4. The number of fused-ring (bicyclic) bond motifs is 1. The molecule has 3 atom stereocenters. The molecule has 1 aliphatic heterocycles. The first-order valence-electron chi connectivity index (χ1n) is 10.3. The van der Waals surface area contributed by atoms with Gasteiger partial charge < -0.3 is 14.4 Å². The average Bonchev–Trinajstić information content (AvgIpc) is 2.77. The Morgan fingerprint density at radius 3 is 2.52 bits per heavy atom. The van der Waals surface area contributed by atoms with E-state index in [1.54, 1.807) is 26.4 Å². The van der Waals surface area contributed by atoms with Gasteiger partial charge in [0, 0.05) is 18.0 Å². The number of benzene rings is 2. The molecule has 1 saturated carbocycles. The summed E-state index contributed by atoms with van der Waals surface area (Å²) in [5.41, 5.74) is 1.78. The van der Waals surface area contributed by atoms with Crippen molar-refractivity contribution in [2.45, 2.75) is 43.0 Å². The minimum Gasteiger partial charge on any atom is -0.493 e. The summed E-state index contributed by atoms with van der Waals surface area (Å²) < 4.78 is 10.7. The Kier molecular flexibility index (Phi) is 5.73. The van der Waals surface area contributed by atoms with Crippen LogP contribution in [0.4, 0.5) is 0 Å². The third-order valence-electron chi connectivity index (χ3n) is 6.54. The van der Waals surface area contributed by atoms with E-state index in [0.29, 0.717) is 23.6 Å². The predicted octanol–water partition coefficient (Wildman–Crippen LogP) is 5.46. The van der Waals surface area contributed by atoms with Crippen LogP contribution in [0.2, 0.25) is 0 Å². The maximum Gasteiger partial charge on any atom is 0.254 e. The summed E-state index contributed by atoms with van der Waals surface area (Å²) in [5, 5.41) is 0. The lowest BCUT2D eigenvalue weighted by Gasteiger charge is -2.52. The first kappa shape index (κ1) is 20.1. The maximum atomic E-state index is 13.6. The van der Waals surface area contributed by atoms with Crippen molar-refractivity contribution in [3.63, 3.8) is 0 Å². The molecule has 1 amide bonds. The fourth-order valence-corrected chi connectivity index (χ4v) is 5.51. The molecular formula is C24H28ClNO3. The number of piperidine rings is 1. The number of hydrogen-bond donors (Lipinski definition) is 0. The minimum absolute atomic E-state index is 0.0108. The number of methoxy groups -OCH3 is 2. The molecule has 0 unspecified atom stereocenters. The summed E-state index contributed by atoms with van der Waals surface area (Å²) in [4.78, 5) is 15.4. The van der Waals surface area contributed by atoms with E-state index in [4.69, 9.17) is 21.1 Å². The van der Waals surface area contributed by atoms with Gasteiger partial charge in [-0.1, -0.05) is 43.2 Å². The minimum atomic E-state index is -0.215. The van der Waals surface area contributed by atoms with Crippen molar-refractivity contribution in [2.24, 2.45) is 5.92 Å². The Labute approximate surface area is 177 Å². The van der Waals surface area contributed by atoms with Crippen LogP contribution in [0, 0.1) is 5.92 Å².